The average Bonchev–Trinajstić information content (AvgIpc) is 2.31. The van der Waals surface area contributed by atoms with Crippen molar-refractivity contribution in [3.8, 4) is 0 Å². The zero-order valence-electron chi connectivity index (χ0n) is 10.8. The quantitative estimate of drug-likeness (QED) is 0.796. The van der Waals surface area contributed by atoms with Gasteiger partial charge in [-0.3, -0.25) is 9.88 Å². The van der Waals surface area contributed by atoms with Gasteiger partial charge in [-0.1, -0.05) is 13.0 Å². The van der Waals surface area contributed by atoms with Crippen LogP contribution in [0.3, 0.4) is 0 Å². The van der Waals surface area contributed by atoms with Crippen LogP contribution in [0.15, 0.2) is 18.3 Å². The predicted octanol–water partition coefficient (Wildman–Crippen LogP) is 2.03. The largest absolute Gasteiger partial charge is 0.316 e. The van der Waals surface area contributed by atoms with Crippen molar-refractivity contribution in [1.82, 2.24) is 15.2 Å². The maximum atomic E-state index is 4.47. The van der Waals surface area contributed by atoms with Crippen LogP contribution in [0.25, 0.3) is 0 Å². The van der Waals surface area contributed by atoms with E-state index in [9.17, 15) is 0 Å². The van der Waals surface area contributed by atoms with E-state index in [0.717, 1.165) is 18.8 Å². The maximum Gasteiger partial charge on any atom is 0.0544 e. The molecule has 90 valence electrons. The van der Waals surface area contributed by atoms with E-state index in [1.165, 1.54) is 12.0 Å². The normalized spacial score (nSPS) is 13.1. The van der Waals surface area contributed by atoms with Crippen LogP contribution in [0, 0.1) is 0 Å². The second kappa shape index (κ2) is 6.61. The van der Waals surface area contributed by atoms with E-state index in [2.05, 4.69) is 48.2 Å². The molecule has 1 atom stereocenters. The minimum atomic E-state index is 0.610. The van der Waals surface area contributed by atoms with Gasteiger partial charge < -0.3 is 5.32 Å². The van der Waals surface area contributed by atoms with Gasteiger partial charge in [-0.15, -0.1) is 0 Å². The van der Waals surface area contributed by atoms with Gasteiger partial charge in [0.05, 0.1) is 5.69 Å². The first kappa shape index (κ1) is 13.1. The van der Waals surface area contributed by atoms with Gasteiger partial charge in [0.15, 0.2) is 0 Å². The molecule has 0 aromatic carbocycles. The highest BCUT2D eigenvalue weighted by molar-refractivity contribution is 5.13. The first-order valence-corrected chi connectivity index (χ1v) is 5.96. The highest BCUT2D eigenvalue weighted by atomic mass is 15.1. The van der Waals surface area contributed by atoms with Gasteiger partial charge in [0.25, 0.3) is 0 Å². The van der Waals surface area contributed by atoms with Crippen LogP contribution in [0.4, 0.5) is 0 Å². The third kappa shape index (κ3) is 3.91. The molecule has 1 aromatic heterocycles. The number of hydrogen-bond donors (Lipinski definition) is 1. The van der Waals surface area contributed by atoms with Crippen LogP contribution in [-0.4, -0.2) is 30.0 Å². The molecule has 0 saturated heterocycles. The lowest BCUT2D eigenvalue weighted by molar-refractivity contribution is 0.241. The molecule has 0 spiro atoms. The molecule has 1 unspecified atom stereocenters. The first-order valence-electron chi connectivity index (χ1n) is 5.96. The summed E-state index contributed by atoms with van der Waals surface area (Å²) < 4.78 is 0. The Labute approximate surface area is 98.9 Å². The summed E-state index contributed by atoms with van der Waals surface area (Å²) in [5, 5.41) is 3.12. The Morgan fingerprint density at radius 2 is 2.19 bits per heavy atom. The molecule has 0 aliphatic heterocycles. The van der Waals surface area contributed by atoms with E-state index in [4.69, 9.17) is 0 Å². The van der Waals surface area contributed by atoms with Gasteiger partial charge >= 0.3 is 0 Å². The molecule has 1 rings (SSSR count). The summed E-state index contributed by atoms with van der Waals surface area (Å²) in [6.45, 7) is 6.27. The lowest BCUT2D eigenvalue weighted by Gasteiger charge is -2.22. The van der Waals surface area contributed by atoms with Crippen LogP contribution in [0.1, 0.15) is 31.5 Å². The van der Waals surface area contributed by atoms with Crippen molar-refractivity contribution >= 4 is 0 Å². The number of pyridine rings is 1. The fourth-order valence-corrected chi connectivity index (χ4v) is 1.58. The molecule has 1 aromatic rings. The average molecular weight is 221 g/mol. The summed E-state index contributed by atoms with van der Waals surface area (Å²) in [5.74, 6) is 0. The fraction of sp³-hybridized carbons (Fsp3) is 0.615. The van der Waals surface area contributed by atoms with Crippen molar-refractivity contribution in [2.24, 2.45) is 0 Å². The van der Waals surface area contributed by atoms with Crippen molar-refractivity contribution in [2.45, 2.75) is 39.4 Å². The van der Waals surface area contributed by atoms with Crippen molar-refractivity contribution in [3.05, 3.63) is 29.6 Å². The second-order valence-corrected chi connectivity index (χ2v) is 4.36. The minimum Gasteiger partial charge on any atom is -0.316 e. The van der Waals surface area contributed by atoms with E-state index >= 15 is 0 Å². The summed E-state index contributed by atoms with van der Waals surface area (Å²) in [5.41, 5.74) is 2.38. The van der Waals surface area contributed by atoms with Gasteiger partial charge in [0.2, 0.25) is 0 Å². The van der Waals surface area contributed by atoms with Crippen molar-refractivity contribution in [2.75, 3.05) is 14.1 Å². The highest BCUT2D eigenvalue weighted by Crippen LogP contribution is 2.07. The van der Waals surface area contributed by atoms with E-state index in [1.54, 1.807) is 0 Å². The van der Waals surface area contributed by atoms with Crippen LogP contribution in [-0.2, 0) is 13.1 Å². The molecule has 3 heteroatoms. The maximum absolute atomic E-state index is 4.47. The molecular weight excluding hydrogens is 198 g/mol. The van der Waals surface area contributed by atoms with Crippen LogP contribution >= 0.6 is 0 Å². The van der Waals surface area contributed by atoms with Crippen molar-refractivity contribution in [1.29, 1.82) is 0 Å². The molecule has 16 heavy (non-hydrogen) atoms. The number of rotatable bonds is 6. The summed E-state index contributed by atoms with van der Waals surface area (Å²) in [4.78, 5) is 6.81. The van der Waals surface area contributed by atoms with E-state index in [-0.39, 0.29) is 0 Å². The molecule has 0 bridgehead atoms. The Kier molecular flexibility index (Phi) is 5.43. The molecule has 1 heterocycles. The highest BCUT2D eigenvalue weighted by Gasteiger charge is 2.07. The first-order chi connectivity index (χ1) is 7.67. The Balaban J connectivity index is 2.54. The Morgan fingerprint density at radius 3 is 2.69 bits per heavy atom. The van der Waals surface area contributed by atoms with Crippen LogP contribution in [0.5, 0.6) is 0 Å². The smallest absolute Gasteiger partial charge is 0.0544 e. The van der Waals surface area contributed by atoms with E-state index in [0.29, 0.717) is 6.04 Å². The molecule has 0 aliphatic rings. The lowest BCUT2D eigenvalue weighted by atomic mass is 10.2. The van der Waals surface area contributed by atoms with Crippen LogP contribution in [0.2, 0.25) is 0 Å². The Bertz CT molecular complexity index is 295. The Hall–Kier alpha value is -0.930. The SMILES string of the molecule is CCC(C)N(C)Cc1ccc(CNC)cn1. The monoisotopic (exact) mass is 221 g/mol. The zero-order valence-corrected chi connectivity index (χ0v) is 10.8. The molecule has 1 N–H and O–H groups in total. The van der Waals surface area contributed by atoms with Crippen LogP contribution < -0.4 is 5.32 Å². The van der Waals surface area contributed by atoms with E-state index in [1.807, 2.05) is 13.2 Å². The second-order valence-electron chi connectivity index (χ2n) is 4.36. The topological polar surface area (TPSA) is 28.2 Å². The molecule has 0 saturated carbocycles. The van der Waals surface area contributed by atoms with Gasteiger partial charge in [0.1, 0.15) is 0 Å². The lowest BCUT2D eigenvalue weighted by Crippen LogP contribution is -2.28. The number of hydrogen-bond acceptors (Lipinski definition) is 3. The minimum absolute atomic E-state index is 0.610. The fourth-order valence-electron chi connectivity index (χ4n) is 1.58. The Morgan fingerprint density at radius 1 is 1.44 bits per heavy atom. The standard InChI is InChI=1S/C13H23N3/c1-5-11(2)16(4)10-13-7-6-12(8-14-3)9-15-13/h6-7,9,11,14H,5,8,10H2,1-4H3. The van der Waals surface area contributed by atoms with Gasteiger partial charge in [-0.25, -0.2) is 0 Å². The molecule has 0 amide bonds. The molecule has 0 aliphatic carbocycles. The number of nitrogens with one attached hydrogen (secondary N) is 1. The van der Waals surface area contributed by atoms with Gasteiger partial charge in [-0.05, 0) is 39.1 Å². The summed E-state index contributed by atoms with van der Waals surface area (Å²) >= 11 is 0. The summed E-state index contributed by atoms with van der Waals surface area (Å²) in [6.07, 6.45) is 3.13. The van der Waals surface area contributed by atoms with Gasteiger partial charge in [-0.2, -0.15) is 0 Å². The molecule has 0 fully saturated rings. The van der Waals surface area contributed by atoms with E-state index < -0.39 is 0 Å². The predicted molar refractivity (Wildman–Crippen MR) is 68.2 cm³/mol. The number of aromatic nitrogens is 1. The third-order valence-electron chi connectivity index (χ3n) is 3.02. The number of nitrogens with zero attached hydrogens (tertiary/aromatic N) is 2. The molecule has 3 nitrogen and oxygen atoms in total. The van der Waals surface area contributed by atoms with Crippen molar-refractivity contribution < 1.29 is 0 Å². The summed E-state index contributed by atoms with van der Waals surface area (Å²) in [6, 6.07) is 4.87. The molecule has 0 radical (unpaired) electrons. The zero-order chi connectivity index (χ0) is 12.0. The summed E-state index contributed by atoms with van der Waals surface area (Å²) in [7, 11) is 4.10. The van der Waals surface area contributed by atoms with Gasteiger partial charge in [0, 0.05) is 25.3 Å². The third-order valence-corrected chi connectivity index (χ3v) is 3.02. The molecular formula is C13H23N3. The van der Waals surface area contributed by atoms with Crippen molar-refractivity contribution in [3.63, 3.8) is 0 Å².